The average Bonchev–Trinajstić information content (AvgIpc) is 2.97. The van der Waals surface area contributed by atoms with Crippen LogP contribution in [0.5, 0.6) is 5.75 Å². The molecule has 0 amide bonds. The number of tetrazole rings is 1. The van der Waals surface area contributed by atoms with E-state index >= 15 is 0 Å². The SMILES string of the molecule is COc1cc(Br)c(F)cc1NC=C(C#N)c1nn[nH]n1. The standard InChI is InChI=1S/C11H8BrFN6O/c1-20-10-2-7(12)8(13)3-9(10)15-5-6(4-14)11-16-18-19-17-11/h2-3,5,15H,1H3,(H,16,17,18,19). The first-order valence-corrected chi connectivity index (χ1v) is 6.08. The number of rotatable bonds is 4. The van der Waals surface area contributed by atoms with Crippen LogP contribution in [-0.4, -0.2) is 27.7 Å². The highest BCUT2D eigenvalue weighted by atomic mass is 79.9. The minimum atomic E-state index is -0.459. The lowest BCUT2D eigenvalue weighted by atomic mass is 10.2. The van der Waals surface area contributed by atoms with E-state index in [1.807, 2.05) is 6.07 Å². The van der Waals surface area contributed by atoms with Gasteiger partial charge in [-0.15, -0.1) is 10.2 Å². The summed E-state index contributed by atoms with van der Waals surface area (Å²) in [5, 5.41) is 24.8. The molecular formula is C11H8BrFN6O. The first-order valence-electron chi connectivity index (χ1n) is 5.29. The summed E-state index contributed by atoms with van der Waals surface area (Å²) in [6.07, 6.45) is 1.34. The second-order valence-electron chi connectivity index (χ2n) is 3.52. The molecular weight excluding hydrogens is 331 g/mol. The van der Waals surface area contributed by atoms with Gasteiger partial charge in [-0.3, -0.25) is 0 Å². The van der Waals surface area contributed by atoms with Crippen LogP contribution in [0, 0.1) is 17.1 Å². The van der Waals surface area contributed by atoms with Crippen LogP contribution < -0.4 is 10.1 Å². The molecule has 1 aromatic heterocycles. The Morgan fingerprint density at radius 3 is 3.00 bits per heavy atom. The van der Waals surface area contributed by atoms with Crippen LogP contribution in [0.1, 0.15) is 5.82 Å². The monoisotopic (exact) mass is 338 g/mol. The molecule has 1 aromatic carbocycles. The van der Waals surface area contributed by atoms with Crippen molar-refractivity contribution in [1.82, 2.24) is 20.6 Å². The van der Waals surface area contributed by atoms with Crippen LogP contribution >= 0.6 is 15.9 Å². The number of methoxy groups -OCH3 is 1. The fourth-order valence-corrected chi connectivity index (χ4v) is 1.71. The van der Waals surface area contributed by atoms with Crippen molar-refractivity contribution in [1.29, 1.82) is 5.26 Å². The molecule has 2 aromatic rings. The van der Waals surface area contributed by atoms with Gasteiger partial charge in [0.2, 0.25) is 5.82 Å². The number of allylic oxidation sites excluding steroid dienone is 1. The zero-order chi connectivity index (χ0) is 14.5. The first kappa shape index (κ1) is 14.0. The number of hydrogen-bond donors (Lipinski definition) is 2. The topological polar surface area (TPSA) is 99.5 Å². The van der Waals surface area contributed by atoms with Crippen molar-refractivity contribution in [2.75, 3.05) is 12.4 Å². The molecule has 0 unspecified atom stereocenters. The molecule has 20 heavy (non-hydrogen) atoms. The third-order valence-electron chi connectivity index (χ3n) is 2.32. The normalized spacial score (nSPS) is 11.0. The van der Waals surface area contributed by atoms with E-state index in [9.17, 15) is 4.39 Å². The number of nitrogens with one attached hydrogen (secondary N) is 2. The van der Waals surface area contributed by atoms with Gasteiger partial charge < -0.3 is 10.1 Å². The molecule has 2 rings (SSSR count). The van der Waals surface area contributed by atoms with E-state index in [4.69, 9.17) is 10.00 Å². The minimum Gasteiger partial charge on any atom is -0.495 e. The molecule has 0 aliphatic rings. The molecule has 0 atom stereocenters. The number of nitrogens with zero attached hydrogens (tertiary/aromatic N) is 4. The molecule has 0 saturated heterocycles. The van der Waals surface area contributed by atoms with Crippen molar-refractivity contribution in [2.45, 2.75) is 0 Å². The lowest BCUT2D eigenvalue weighted by Crippen LogP contribution is -1.97. The molecule has 7 nitrogen and oxygen atoms in total. The molecule has 0 aliphatic carbocycles. The zero-order valence-electron chi connectivity index (χ0n) is 10.2. The Bertz CT molecular complexity index is 679. The molecule has 0 saturated carbocycles. The van der Waals surface area contributed by atoms with E-state index < -0.39 is 5.82 Å². The number of halogens is 2. The average molecular weight is 339 g/mol. The van der Waals surface area contributed by atoms with E-state index in [2.05, 4.69) is 41.9 Å². The maximum atomic E-state index is 13.5. The molecule has 102 valence electrons. The number of H-pyrrole nitrogens is 1. The Balaban J connectivity index is 2.30. The second-order valence-corrected chi connectivity index (χ2v) is 4.37. The summed E-state index contributed by atoms with van der Waals surface area (Å²) in [7, 11) is 1.46. The summed E-state index contributed by atoms with van der Waals surface area (Å²) < 4.78 is 18.9. The largest absolute Gasteiger partial charge is 0.495 e. The van der Waals surface area contributed by atoms with Crippen LogP contribution in [0.3, 0.4) is 0 Å². The maximum absolute atomic E-state index is 13.5. The Morgan fingerprint density at radius 1 is 1.60 bits per heavy atom. The van der Waals surface area contributed by atoms with Gasteiger partial charge in [-0.25, -0.2) is 4.39 Å². The van der Waals surface area contributed by atoms with Crippen molar-refractivity contribution in [3.05, 3.63) is 34.4 Å². The molecule has 0 radical (unpaired) electrons. The van der Waals surface area contributed by atoms with E-state index in [1.165, 1.54) is 25.4 Å². The van der Waals surface area contributed by atoms with Crippen molar-refractivity contribution in [2.24, 2.45) is 0 Å². The first-order chi connectivity index (χ1) is 9.65. The van der Waals surface area contributed by atoms with Crippen LogP contribution in [0.4, 0.5) is 10.1 Å². The lowest BCUT2D eigenvalue weighted by molar-refractivity contribution is 0.415. The van der Waals surface area contributed by atoms with Crippen LogP contribution in [-0.2, 0) is 0 Å². The van der Waals surface area contributed by atoms with Crippen molar-refractivity contribution < 1.29 is 9.13 Å². The molecule has 0 spiro atoms. The smallest absolute Gasteiger partial charge is 0.216 e. The van der Waals surface area contributed by atoms with Gasteiger partial charge in [-0.2, -0.15) is 10.5 Å². The quantitative estimate of drug-likeness (QED) is 0.828. The second kappa shape index (κ2) is 6.12. The highest BCUT2D eigenvalue weighted by Gasteiger charge is 2.10. The van der Waals surface area contributed by atoms with E-state index in [0.29, 0.717) is 11.4 Å². The highest BCUT2D eigenvalue weighted by molar-refractivity contribution is 9.10. The lowest BCUT2D eigenvalue weighted by Gasteiger charge is -2.09. The van der Waals surface area contributed by atoms with Gasteiger partial charge in [0.15, 0.2) is 0 Å². The molecule has 0 aliphatic heterocycles. The summed E-state index contributed by atoms with van der Waals surface area (Å²) in [6.45, 7) is 0. The van der Waals surface area contributed by atoms with Gasteiger partial charge in [0.05, 0.1) is 17.3 Å². The Hall–Kier alpha value is -2.47. The predicted octanol–water partition coefficient (Wildman–Crippen LogP) is 2.09. The van der Waals surface area contributed by atoms with Gasteiger partial charge in [-0.1, -0.05) is 0 Å². The Kier molecular flexibility index (Phi) is 4.27. The van der Waals surface area contributed by atoms with E-state index in [1.54, 1.807) is 0 Å². The Morgan fingerprint density at radius 2 is 2.40 bits per heavy atom. The van der Waals surface area contributed by atoms with Crippen molar-refractivity contribution in [3.63, 3.8) is 0 Å². The molecule has 9 heteroatoms. The molecule has 1 heterocycles. The van der Waals surface area contributed by atoms with E-state index in [-0.39, 0.29) is 15.9 Å². The third-order valence-corrected chi connectivity index (χ3v) is 2.93. The number of hydrogen-bond acceptors (Lipinski definition) is 6. The zero-order valence-corrected chi connectivity index (χ0v) is 11.8. The minimum absolute atomic E-state index is 0.136. The highest BCUT2D eigenvalue weighted by Crippen LogP contribution is 2.30. The number of aromatic amines is 1. The van der Waals surface area contributed by atoms with Gasteiger partial charge in [0.1, 0.15) is 23.2 Å². The number of aromatic nitrogens is 4. The summed E-state index contributed by atoms with van der Waals surface area (Å²) in [6, 6.07) is 4.63. The predicted molar refractivity (Wildman–Crippen MR) is 72.0 cm³/mol. The summed E-state index contributed by atoms with van der Waals surface area (Å²) in [5.41, 5.74) is 0.508. The van der Waals surface area contributed by atoms with Crippen molar-refractivity contribution in [3.8, 4) is 11.8 Å². The van der Waals surface area contributed by atoms with Crippen LogP contribution in [0.15, 0.2) is 22.8 Å². The Labute approximate surface area is 121 Å². The molecule has 2 N–H and O–H groups in total. The summed E-state index contributed by atoms with van der Waals surface area (Å²) in [5.74, 6) is 0.0937. The van der Waals surface area contributed by atoms with Gasteiger partial charge in [0, 0.05) is 12.3 Å². The number of nitriles is 1. The van der Waals surface area contributed by atoms with Gasteiger partial charge >= 0.3 is 0 Å². The number of benzene rings is 1. The fourth-order valence-electron chi connectivity index (χ4n) is 1.38. The maximum Gasteiger partial charge on any atom is 0.216 e. The van der Waals surface area contributed by atoms with Gasteiger partial charge in [-0.05, 0) is 27.2 Å². The summed E-state index contributed by atoms with van der Waals surface area (Å²) >= 11 is 3.06. The van der Waals surface area contributed by atoms with Crippen molar-refractivity contribution >= 4 is 27.2 Å². The van der Waals surface area contributed by atoms with Crippen LogP contribution in [0.2, 0.25) is 0 Å². The van der Waals surface area contributed by atoms with Crippen LogP contribution in [0.25, 0.3) is 5.57 Å². The van der Waals surface area contributed by atoms with Gasteiger partial charge in [0.25, 0.3) is 0 Å². The number of ether oxygens (including phenoxy) is 1. The molecule has 0 fully saturated rings. The summed E-state index contributed by atoms with van der Waals surface area (Å²) in [4.78, 5) is 0. The van der Waals surface area contributed by atoms with E-state index in [0.717, 1.165) is 0 Å². The number of anilines is 1. The molecule has 0 bridgehead atoms. The fraction of sp³-hybridized carbons (Fsp3) is 0.0909. The third kappa shape index (κ3) is 2.92.